The van der Waals surface area contributed by atoms with E-state index in [1.807, 2.05) is 13.8 Å². The predicted octanol–water partition coefficient (Wildman–Crippen LogP) is 0.824. The lowest BCUT2D eigenvalue weighted by molar-refractivity contribution is -0.139. The molecule has 1 saturated carbocycles. The number of carboxylic acids is 1. The summed E-state index contributed by atoms with van der Waals surface area (Å²) in [6.45, 7) is 3.64. The smallest absolute Gasteiger partial charge is 0.321 e. The van der Waals surface area contributed by atoms with Crippen molar-refractivity contribution in [3.05, 3.63) is 0 Å². The normalized spacial score (nSPS) is 29.1. The van der Waals surface area contributed by atoms with Crippen molar-refractivity contribution in [3.8, 4) is 0 Å². The predicted molar refractivity (Wildman–Crippen MR) is 60.9 cm³/mol. The summed E-state index contributed by atoms with van der Waals surface area (Å²) in [4.78, 5) is 10.8. The monoisotopic (exact) mass is 233 g/mol. The number of aliphatic hydroxyl groups excluding tert-OH is 1. The van der Waals surface area contributed by atoms with Gasteiger partial charge in [-0.2, -0.15) is 0 Å². The quantitative estimate of drug-likeness (QED) is 0.669. The number of carboxylic acid groups (broad SMARTS) is 1. The number of aliphatic carboxylic acids is 1. The Morgan fingerprint density at radius 2 is 2.13 bits per heavy atom. The van der Waals surface area contributed by atoms with Crippen molar-refractivity contribution in [3.63, 3.8) is 0 Å². The third kappa shape index (κ3) is 3.09. The van der Waals surface area contributed by atoms with E-state index in [9.17, 15) is 9.90 Å². The van der Waals surface area contributed by atoms with Gasteiger partial charge in [-0.15, -0.1) is 11.8 Å². The minimum absolute atomic E-state index is 0.130. The van der Waals surface area contributed by atoms with Crippen molar-refractivity contribution in [1.82, 2.24) is 0 Å². The lowest BCUT2D eigenvalue weighted by Gasteiger charge is -2.31. The zero-order valence-electron chi connectivity index (χ0n) is 9.14. The van der Waals surface area contributed by atoms with Gasteiger partial charge in [-0.05, 0) is 33.1 Å². The van der Waals surface area contributed by atoms with Gasteiger partial charge in [0.15, 0.2) is 0 Å². The Morgan fingerprint density at radius 3 is 2.53 bits per heavy atom. The summed E-state index contributed by atoms with van der Waals surface area (Å²) in [5, 5.41) is 18.7. The topological polar surface area (TPSA) is 83.5 Å². The van der Waals surface area contributed by atoms with Crippen molar-refractivity contribution in [2.24, 2.45) is 5.73 Å². The van der Waals surface area contributed by atoms with E-state index in [4.69, 9.17) is 10.8 Å². The molecule has 0 bridgehead atoms. The van der Waals surface area contributed by atoms with Crippen LogP contribution in [0.2, 0.25) is 0 Å². The molecule has 4 nitrogen and oxygen atoms in total. The minimum atomic E-state index is -0.986. The Bertz CT molecular complexity index is 245. The highest BCUT2D eigenvalue weighted by atomic mass is 32.2. The Balaban J connectivity index is 2.58. The first-order chi connectivity index (χ1) is 6.84. The Hall–Kier alpha value is -0.260. The van der Waals surface area contributed by atoms with Crippen LogP contribution in [-0.4, -0.2) is 38.3 Å². The lowest BCUT2D eigenvalue weighted by Crippen LogP contribution is -2.48. The van der Waals surface area contributed by atoms with E-state index in [2.05, 4.69) is 0 Å². The molecule has 5 heteroatoms. The van der Waals surface area contributed by atoms with Gasteiger partial charge in [-0.1, -0.05) is 0 Å². The molecule has 88 valence electrons. The van der Waals surface area contributed by atoms with Gasteiger partial charge in [0.2, 0.25) is 0 Å². The molecule has 0 amide bonds. The van der Waals surface area contributed by atoms with Crippen molar-refractivity contribution in [2.75, 3.05) is 0 Å². The molecule has 2 unspecified atom stereocenters. The molecule has 15 heavy (non-hydrogen) atoms. The highest BCUT2D eigenvalue weighted by Crippen LogP contribution is 2.39. The number of rotatable bonds is 4. The van der Waals surface area contributed by atoms with Crippen molar-refractivity contribution >= 4 is 17.7 Å². The minimum Gasteiger partial charge on any atom is -0.480 e. The fourth-order valence-electron chi connectivity index (χ4n) is 1.80. The molecule has 0 radical (unpaired) electrons. The summed E-state index contributed by atoms with van der Waals surface area (Å²) in [7, 11) is 0. The van der Waals surface area contributed by atoms with Crippen LogP contribution in [0.3, 0.4) is 0 Å². The summed E-state index contributed by atoms with van der Waals surface area (Å²) >= 11 is 1.50. The summed E-state index contributed by atoms with van der Waals surface area (Å²) in [5.41, 5.74) is 5.62. The number of hydrogen-bond acceptors (Lipinski definition) is 4. The maximum atomic E-state index is 10.8. The van der Waals surface area contributed by atoms with Crippen LogP contribution in [0, 0.1) is 0 Å². The second-order valence-electron chi connectivity index (χ2n) is 4.57. The molecule has 4 N–H and O–H groups in total. The molecule has 0 aromatic carbocycles. The van der Waals surface area contributed by atoms with Crippen LogP contribution in [0.5, 0.6) is 0 Å². The van der Waals surface area contributed by atoms with E-state index in [0.29, 0.717) is 0 Å². The molecule has 1 rings (SSSR count). The number of aliphatic hydroxyl groups is 1. The summed E-state index contributed by atoms with van der Waals surface area (Å²) in [6.07, 6.45) is 2.46. The molecule has 1 aliphatic rings. The zero-order chi connectivity index (χ0) is 11.6. The van der Waals surface area contributed by atoms with Gasteiger partial charge >= 0.3 is 5.97 Å². The second kappa shape index (κ2) is 4.72. The fraction of sp³-hybridized carbons (Fsp3) is 0.900. The molecule has 1 fully saturated rings. The average Bonchev–Trinajstić information content (AvgIpc) is 2.50. The molecule has 0 spiro atoms. The van der Waals surface area contributed by atoms with E-state index in [-0.39, 0.29) is 11.4 Å². The van der Waals surface area contributed by atoms with E-state index >= 15 is 0 Å². The van der Waals surface area contributed by atoms with Gasteiger partial charge in [-0.25, -0.2) is 0 Å². The lowest BCUT2D eigenvalue weighted by atomic mass is 10.1. The van der Waals surface area contributed by atoms with Crippen LogP contribution in [0.25, 0.3) is 0 Å². The highest BCUT2D eigenvalue weighted by molar-refractivity contribution is 8.01. The van der Waals surface area contributed by atoms with Crippen LogP contribution in [0.4, 0.5) is 0 Å². The summed E-state index contributed by atoms with van der Waals surface area (Å²) in [6, 6.07) is -0.893. The molecule has 3 atom stereocenters. The Kier molecular flexibility index (Phi) is 4.03. The number of nitrogens with two attached hydrogens (primary N) is 1. The number of hydrogen-bond donors (Lipinski definition) is 3. The van der Waals surface area contributed by atoms with E-state index in [1.165, 1.54) is 11.8 Å². The fourth-order valence-corrected chi connectivity index (χ4v) is 3.41. The zero-order valence-corrected chi connectivity index (χ0v) is 9.96. The Morgan fingerprint density at radius 1 is 1.53 bits per heavy atom. The highest BCUT2D eigenvalue weighted by Gasteiger charge is 2.38. The first kappa shape index (κ1) is 12.8. The molecule has 0 aromatic heterocycles. The van der Waals surface area contributed by atoms with Gasteiger partial charge in [0, 0.05) is 10.00 Å². The first-order valence-corrected chi connectivity index (χ1v) is 6.07. The molecule has 1 aliphatic carbocycles. The van der Waals surface area contributed by atoms with Gasteiger partial charge < -0.3 is 15.9 Å². The van der Waals surface area contributed by atoms with Crippen LogP contribution in [0.15, 0.2) is 0 Å². The standard InChI is InChI=1S/C10H19NO3S/c1-10(2,8(11)9(13)14)15-7-5-3-4-6(7)12/h6-8,12H,3-5,11H2,1-2H3,(H,13,14)/t6?,7?,8-/m0/s1. The Labute approximate surface area is 94.2 Å². The maximum Gasteiger partial charge on any atom is 0.321 e. The molecular weight excluding hydrogens is 214 g/mol. The molecule has 0 saturated heterocycles. The van der Waals surface area contributed by atoms with E-state index in [1.54, 1.807) is 0 Å². The molecular formula is C10H19NO3S. The third-order valence-corrected chi connectivity index (χ3v) is 4.60. The average molecular weight is 233 g/mol. The van der Waals surface area contributed by atoms with Gasteiger partial charge in [0.1, 0.15) is 6.04 Å². The second-order valence-corrected chi connectivity index (χ2v) is 6.47. The van der Waals surface area contributed by atoms with Crippen LogP contribution >= 0.6 is 11.8 Å². The van der Waals surface area contributed by atoms with Crippen LogP contribution in [0.1, 0.15) is 33.1 Å². The molecule has 0 aliphatic heterocycles. The van der Waals surface area contributed by atoms with Crippen LogP contribution < -0.4 is 5.73 Å². The van der Waals surface area contributed by atoms with E-state index < -0.39 is 16.8 Å². The number of thioether (sulfide) groups is 1. The van der Waals surface area contributed by atoms with Crippen molar-refractivity contribution in [1.29, 1.82) is 0 Å². The van der Waals surface area contributed by atoms with Gasteiger partial charge in [0.05, 0.1) is 6.10 Å². The summed E-state index contributed by atoms with van der Waals surface area (Å²) < 4.78 is -0.540. The van der Waals surface area contributed by atoms with Gasteiger partial charge in [-0.3, -0.25) is 4.79 Å². The molecule has 0 aromatic rings. The van der Waals surface area contributed by atoms with Crippen molar-refractivity contribution < 1.29 is 15.0 Å². The SMILES string of the molecule is CC(C)(SC1CCCC1O)[C@@H](N)C(=O)O. The van der Waals surface area contributed by atoms with Crippen LogP contribution in [-0.2, 0) is 4.79 Å². The molecule has 0 heterocycles. The largest absolute Gasteiger partial charge is 0.480 e. The summed E-state index contributed by atoms with van der Waals surface area (Å²) in [5.74, 6) is -0.986. The first-order valence-electron chi connectivity index (χ1n) is 5.19. The maximum absolute atomic E-state index is 10.8. The van der Waals surface area contributed by atoms with Crippen molar-refractivity contribution in [2.45, 2.75) is 55.3 Å². The number of carbonyl (C=O) groups is 1. The third-order valence-electron chi connectivity index (χ3n) is 2.89. The van der Waals surface area contributed by atoms with E-state index in [0.717, 1.165) is 19.3 Å². The van der Waals surface area contributed by atoms with Gasteiger partial charge in [0.25, 0.3) is 0 Å².